The highest BCUT2D eigenvalue weighted by atomic mass is 16.2. The first-order valence-corrected chi connectivity index (χ1v) is 9.02. The van der Waals surface area contributed by atoms with Crippen molar-refractivity contribution in [3.05, 3.63) is 35.4 Å². The van der Waals surface area contributed by atoms with Crippen LogP contribution in [-0.2, 0) is 11.3 Å². The average molecular weight is 346 g/mol. The number of rotatable bonds is 7. The van der Waals surface area contributed by atoms with Crippen LogP contribution in [0.3, 0.4) is 0 Å². The Labute approximate surface area is 150 Å². The first kappa shape index (κ1) is 19.4. The molecule has 1 aromatic carbocycles. The standard InChI is InChI=1S/C19H30N4O2/c1-22(2)19(25)16-8-6-15(7-9-16)14-23-12-4-3-5-17(23)13-21-18(24)10-11-20/h6-9,17H,3-5,10-14,20H2,1-2H3,(H,21,24). The summed E-state index contributed by atoms with van der Waals surface area (Å²) >= 11 is 0. The zero-order chi connectivity index (χ0) is 18.2. The van der Waals surface area contributed by atoms with Crippen LogP contribution in [0, 0.1) is 0 Å². The topological polar surface area (TPSA) is 78.7 Å². The molecule has 6 nitrogen and oxygen atoms in total. The Morgan fingerprint density at radius 1 is 1.24 bits per heavy atom. The van der Waals surface area contributed by atoms with Gasteiger partial charge in [0.25, 0.3) is 5.91 Å². The second-order valence-electron chi connectivity index (χ2n) is 6.86. The van der Waals surface area contributed by atoms with Crippen molar-refractivity contribution in [3.63, 3.8) is 0 Å². The number of piperidine rings is 1. The minimum absolute atomic E-state index is 0.0185. The number of nitrogens with zero attached hydrogens (tertiary/aromatic N) is 2. The first-order chi connectivity index (χ1) is 12.0. The van der Waals surface area contributed by atoms with E-state index in [4.69, 9.17) is 5.73 Å². The predicted octanol–water partition coefficient (Wildman–Crippen LogP) is 1.21. The van der Waals surface area contributed by atoms with Crippen LogP contribution in [0.2, 0.25) is 0 Å². The van der Waals surface area contributed by atoms with Crippen molar-refractivity contribution >= 4 is 11.8 Å². The average Bonchev–Trinajstić information content (AvgIpc) is 2.61. The van der Waals surface area contributed by atoms with Crippen LogP contribution >= 0.6 is 0 Å². The van der Waals surface area contributed by atoms with Gasteiger partial charge in [0.2, 0.25) is 5.91 Å². The van der Waals surface area contributed by atoms with Gasteiger partial charge in [0.15, 0.2) is 0 Å². The monoisotopic (exact) mass is 346 g/mol. The second-order valence-corrected chi connectivity index (χ2v) is 6.86. The molecular formula is C19H30N4O2. The Morgan fingerprint density at radius 2 is 1.96 bits per heavy atom. The van der Waals surface area contributed by atoms with Crippen molar-refractivity contribution in [2.24, 2.45) is 5.73 Å². The summed E-state index contributed by atoms with van der Waals surface area (Å²) < 4.78 is 0. The number of nitrogens with two attached hydrogens (primary N) is 1. The molecule has 1 aliphatic rings. The molecule has 1 unspecified atom stereocenters. The summed E-state index contributed by atoms with van der Waals surface area (Å²) in [5, 5.41) is 2.99. The van der Waals surface area contributed by atoms with Gasteiger partial charge in [-0.1, -0.05) is 18.6 Å². The minimum atomic E-state index is 0.0185. The lowest BCUT2D eigenvalue weighted by molar-refractivity contribution is -0.121. The van der Waals surface area contributed by atoms with Crippen LogP contribution in [0.4, 0.5) is 0 Å². The molecule has 2 rings (SSSR count). The van der Waals surface area contributed by atoms with Crippen molar-refractivity contribution in [2.75, 3.05) is 33.7 Å². The molecule has 0 spiro atoms. The highest BCUT2D eigenvalue weighted by molar-refractivity contribution is 5.93. The smallest absolute Gasteiger partial charge is 0.253 e. The van der Waals surface area contributed by atoms with Gasteiger partial charge in [-0.2, -0.15) is 0 Å². The zero-order valence-electron chi connectivity index (χ0n) is 15.3. The van der Waals surface area contributed by atoms with Crippen LogP contribution in [0.5, 0.6) is 0 Å². The Morgan fingerprint density at radius 3 is 2.60 bits per heavy atom. The molecule has 6 heteroatoms. The maximum absolute atomic E-state index is 12.0. The minimum Gasteiger partial charge on any atom is -0.354 e. The van der Waals surface area contributed by atoms with E-state index in [-0.39, 0.29) is 11.8 Å². The van der Waals surface area contributed by atoms with Crippen LogP contribution in [0.1, 0.15) is 41.6 Å². The SMILES string of the molecule is CN(C)C(=O)c1ccc(CN2CCCCC2CNC(=O)CCN)cc1. The van der Waals surface area contributed by atoms with E-state index in [1.165, 1.54) is 18.4 Å². The largest absolute Gasteiger partial charge is 0.354 e. The second kappa shape index (κ2) is 9.53. The van der Waals surface area contributed by atoms with Gasteiger partial charge < -0.3 is 16.0 Å². The third-order valence-electron chi connectivity index (χ3n) is 4.65. The lowest BCUT2D eigenvalue weighted by atomic mass is 10.0. The molecule has 25 heavy (non-hydrogen) atoms. The number of carbonyl (C=O) groups is 2. The van der Waals surface area contributed by atoms with Crippen LogP contribution in [0.15, 0.2) is 24.3 Å². The number of hydrogen-bond donors (Lipinski definition) is 2. The highest BCUT2D eigenvalue weighted by Crippen LogP contribution is 2.19. The van der Waals surface area contributed by atoms with Crippen molar-refractivity contribution in [3.8, 4) is 0 Å². The Bertz CT molecular complexity index is 571. The molecule has 1 fully saturated rings. The maximum atomic E-state index is 12.0. The van der Waals surface area contributed by atoms with E-state index in [0.29, 0.717) is 31.1 Å². The zero-order valence-corrected chi connectivity index (χ0v) is 15.3. The Hall–Kier alpha value is -1.92. The molecule has 0 saturated carbocycles. The van der Waals surface area contributed by atoms with Gasteiger partial charge in [0, 0.05) is 51.8 Å². The van der Waals surface area contributed by atoms with Gasteiger partial charge in [-0.15, -0.1) is 0 Å². The summed E-state index contributed by atoms with van der Waals surface area (Å²) in [5.74, 6) is 0.0459. The molecule has 1 aromatic rings. The quantitative estimate of drug-likeness (QED) is 0.778. The van der Waals surface area contributed by atoms with Gasteiger partial charge >= 0.3 is 0 Å². The number of likely N-dealkylation sites (tertiary alicyclic amines) is 1. The van der Waals surface area contributed by atoms with Crippen molar-refractivity contribution in [1.82, 2.24) is 15.1 Å². The molecule has 3 N–H and O–H groups in total. The number of benzene rings is 1. The number of hydrogen-bond acceptors (Lipinski definition) is 4. The van der Waals surface area contributed by atoms with E-state index in [1.807, 2.05) is 24.3 Å². The lowest BCUT2D eigenvalue weighted by Gasteiger charge is -2.36. The van der Waals surface area contributed by atoms with E-state index in [0.717, 1.165) is 19.5 Å². The normalized spacial score (nSPS) is 18.0. The summed E-state index contributed by atoms with van der Waals surface area (Å²) in [7, 11) is 3.51. The van der Waals surface area contributed by atoms with Crippen molar-refractivity contribution in [2.45, 2.75) is 38.3 Å². The van der Waals surface area contributed by atoms with Crippen LogP contribution in [0.25, 0.3) is 0 Å². The number of carbonyl (C=O) groups excluding carboxylic acids is 2. The third-order valence-corrected chi connectivity index (χ3v) is 4.65. The molecule has 0 radical (unpaired) electrons. The fourth-order valence-electron chi connectivity index (χ4n) is 3.20. The highest BCUT2D eigenvalue weighted by Gasteiger charge is 2.23. The molecule has 1 atom stereocenters. The summed E-state index contributed by atoms with van der Waals surface area (Å²) in [6.07, 6.45) is 3.86. The summed E-state index contributed by atoms with van der Waals surface area (Å²) in [5.41, 5.74) is 7.32. The van der Waals surface area contributed by atoms with Crippen molar-refractivity contribution < 1.29 is 9.59 Å². The van der Waals surface area contributed by atoms with Gasteiger partial charge in [-0.3, -0.25) is 14.5 Å². The van der Waals surface area contributed by atoms with Crippen LogP contribution in [-0.4, -0.2) is 61.4 Å². The fraction of sp³-hybridized carbons (Fsp3) is 0.579. The Kier molecular flexibility index (Phi) is 7.40. The molecule has 0 aromatic heterocycles. The molecule has 1 aliphatic heterocycles. The van der Waals surface area contributed by atoms with Gasteiger partial charge in [-0.25, -0.2) is 0 Å². The Balaban J connectivity index is 1.94. The third kappa shape index (κ3) is 5.83. The summed E-state index contributed by atoms with van der Waals surface area (Å²) in [6, 6.07) is 8.18. The number of nitrogens with one attached hydrogen (secondary N) is 1. The number of amides is 2. The molecule has 0 aliphatic carbocycles. The van der Waals surface area contributed by atoms with Crippen molar-refractivity contribution in [1.29, 1.82) is 0 Å². The summed E-state index contributed by atoms with van der Waals surface area (Å²) in [6.45, 7) is 2.94. The molecule has 1 heterocycles. The van der Waals surface area contributed by atoms with E-state index in [1.54, 1.807) is 19.0 Å². The lowest BCUT2D eigenvalue weighted by Crippen LogP contribution is -2.46. The predicted molar refractivity (Wildman–Crippen MR) is 99.2 cm³/mol. The van der Waals surface area contributed by atoms with Gasteiger partial charge in [-0.05, 0) is 37.1 Å². The van der Waals surface area contributed by atoms with E-state index >= 15 is 0 Å². The van der Waals surface area contributed by atoms with Crippen LogP contribution < -0.4 is 11.1 Å². The molecule has 2 amide bonds. The maximum Gasteiger partial charge on any atom is 0.253 e. The van der Waals surface area contributed by atoms with E-state index in [2.05, 4.69) is 10.2 Å². The molecule has 0 bridgehead atoms. The van der Waals surface area contributed by atoms with Gasteiger partial charge in [0.1, 0.15) is 0 Å². The van der Waals surface area contributed by atoms with E-state index in [9.17, 15) is 9.59 Å². The molecule has 1 saturated heterocycles. The van der Waals surface area contributed by atoms with E-state index < -0.39 is 0 Å². The molecule has 138 valence electrons. The molecular weight excluding hydrogens is 316 g/mol. The van der Waals surface area contributed by atoms with Gasteiger partial charge in [0.05, 0.1) is 0 Å². The summed E-state index contributed by atoms with van der Waals surface area (Å²) in [4.78, 5) is 27.6. The fourth-order valence-corrected chi connectivity index (χ4v) is 3.20. The first-order valence-electron chi connectivity index (χ1n) is 9.02.